The second-order valence-electron chi connectivity index (χ2n) is 6.41. The minimum Gasteiger partial charge on any atom is -0.409 e. The lowest BCUT2D eigenvalue weighted by molar-refractivity contribution is 0.318. The third kappa shape index (κ3) is 2.97. The van der Waals surface area contributed by atoms with Crippen molar-refractivity contribution in [2.45, 2.75) is 6.92 Å². The Labute approximate surface area is 165 Å². The van der Waals surface area contributed by atoms with Gasteiger partial charge in [0.15, 0.2) is 5.84 Å². The normalized spacial score (nSPS) is 11.9. The van der Waals surface area contributed by atoms with E-state index in [1.165, 1.54) is 6.07 Å². The van der Waals surface area contributed by atoms with Gasteiger partial charge in [0.1, 0.15) is 12.1 Å². The summed E-state index contributed by atoms with van der Waals surface area (Å²) < 4.78 is 16.3. The molecule has 4 aromatic rings. The van der Waals surface area contributed by atoms with Crippen LogP contribution in [0.4, 0.5) is 4.39 Å². The van der Waals surface area contributed by atoms with Crippen molar-refractivity contribution in [1.29, 1.82) is 0 Å². The van der Waals surface area contributed by atoms with Gasteiger partial charge in [0.25, 0.3) is 0 Å². The van der Waals surface area contributed by atoms with Crippen molar-refractivity contribution < 1.29 is 9.60 Å². The predicted octanol–water partition coefficient (Wildman–Crippen LogP) is 4.89. The van der Waals surface area contributed by atoms with E-state index in [-0.39, 0.29) is 11.7 Å². The highest BCUT2D eigenvalue weighted by Gasteiger charge is 2.14. The van der Waals surface area contributed by atoms with Gasteiger partial charge >= 0.3 is 0 Å². The molecule has 3 aromatic carbocycles. The molecule has 3 N–H and O–H groups in total. The minimum atomic E-state index is -0.369. The largest absolute Gasteiger partial charge is 0.409 e. The zero-order chi connectivity index (χ0) is 19.8. The molecule has 1 heterocycles. The third-order valence-electron chi connectivity index (χ3n) is 4.65. The Balaban J connectivity index is 1.84. The molecule has 140 valence electrons. The van der Waals surface area contributed by atoms with E-state index in [0.29, 0.717) is 27.2 Å². The van der Waals surface area contributed by atoms with E-state index in [2.05, 4.69) is 10.1 Å². The van der Waals surface area contributed by atoms with Crippen molar-refractivity contribution >= 4 is 28.5 Å². The van der Waals surface area contributed by atoms with Crippen molar-refractivity contribution in [2.24, 2.45) is 10.9 Å². The lowest BCUT2D eigenvalue weighted by atomic mass is 10.0. The zero-order valence-electron chi connectivity index (χ0n) is 14.9. The number of aryl methyl sites for hydroxylation is 1. The van der Waals surface area contributed by atoms with Crippen LogP contribution in [0, 0.1) is 12.7 Å². The molecular formula is C21H16ClFN4O. The summed E-state index contributed by atoms with van der Waals surface area (Å²) in [5, 5.41) is 12.3. The molecule has 0 aliphatic carbocycles. The lowest BCUT2D eigenvalue weighted by Crippen LogP contribution is -2.12. The second-order valence-corrected chi connectivity index (χ2v) is 6.78. The summed E-state index contributed by atoms with van der Waals surface area (Å²) in [6.07, 6.45) is 1.67. The number of aromatic nitrogens is 2. The van der Waals surface area contributed by atoms with Gasteiger partial charge in [-0.1, -0.05) is 35.0 Å². The van der Waals surface area contributed by atoms with Gasteiger partial charge in [0.2, 0.25) is 0 Å². The van der Waals surface area contributed by atoms with Gasteiger partial charge in [0.05, 0.1) is 16.1 Å². The van der Waals surface area contributed by atoms with Gasteiger partial charge in [-0.15, -0.1) is 0 Å². The van der Waals surface area contributed by atoms with Crippen LogP contribution in [0.15, 0.2) is 66.1 Å². The van der Waals surface area contributed by atoms with E-state index in [9.17, 15) is 4.39 Å². The van der Waals surface area contributed by atoms with E-state index >= 15 is 0 Å². The van der Waals surface area contributed by atoms with Crippen LogP contribution in [-0.4, -0.2) is 20.6 Å². The molecule has 0 radical (unpaired) electrons. The van der Waals surface area contributed by atoms with Crippen LogP contribution >= 0.6 is 11.6 Å². The van der Waals surface area contributed by atoms with Crippen LogP contribution in [-0.2, 0) is 0 Å². The number of hydrogen-bond acceptors (Lipinski definition) is 3. The topological polar surface area (TPSA) is 76.4 Å². The summed E-state index contributed by atoms with van der Waals surface area (Å²) in [7, 11) is 0. The first-order chi connectivity index (χ1) is 13.5. The van der Waals surface area contributed by atoms with Gasteiger partial charge in [-0.3, -0.25) is 4.57 Å². The Morgan fingerprint density at radius 2 is 2.00 bits per heavy atom. The number of imidazole rings is 1. The number of halogens is 2. The molecule has 0 amide bonds. The van der Waals surface area contributed by atoms with Crippen molar-refractivity contribution in [3.05, 3.63) is 82.9 Å². The lowest BCUT2D eigenvalue weighted by Gasteiger charge is -2.11. The maximum atomic E-state index is 14.4. The van der Waals surface area contributed by atoms with Crippen LogP contribution in [0.3, 0.4) is 0 Å². The Hall–Kier alpha value is -3.38. The summed E-state index contributed by atoms with van der Waals surface area (Å²) in [5.41, 5.74) is 10.4. The molecule has 0 bridgehead atoms. The number of rotatable bonds is 3. The molecule has 0 saturated heterocycles. The number of hydrogen-bond donors (Lipinski definition) is 2. The molecule has 0 atom stereocenters. The van der Waals surface area contributed by atoms with Gasteiger partial charge in [0, 0.05) is 16.8 Å². The quantitative estimate of drug-likeness (QED) is 0.225. The molecule has 1 aromatic heterocycles. The molecule has 7 heteroatoms. The molecule has 0 fully saturated rings. The predicted molar refractivity (Wildman–Crippen MR) is 109 cm³/mol. The highest BCUT2D eigenvalue weighted by atomic mass is 35.5. The van der Waals surface area contributed by atoms with Crippen LogP contribution in [0.2, 0.25) is 5.02 Å². The molecule has 4 rings (SSSR count). The van der Waals surface area contributed by atoms with Crippen LogP contribution < -0.4 is 5.73 Å². The highest BCUT2D eigenvalue weighted by molar-refractivity contribution is 6.34. The fourth-order valence-electron chi connectivity index (χ4n) is 3.17. The Morgan fingerprint density at radius 3 is 2.79 bits per heavy atom. The van der Waals surface area contributed by atoms with E-state index in [0.717, 1.165) is 16.8 Å². The molecular weight excluding hydrogens is 379 g/mol. The first-order valence-corrected chi connectivity index (χ1v) is 8.88. The van der Waals surface area contributed by atoms with Crippen LogP contribution in [0.25, 0.3) is 27.8 Å². The minimum absolute atomic E-state index is 0.0167. The Kier molecular flexibility index (Phi) is 4.49. The number of fused-ring (bicyclic) bond motifs is 1. The van der Waals surface area contributed by atoms with Crippen molar-refractivity contribution in [3.63, 3.8) is 0 Å². The second kappa shape index (κ2) is 6.98. The monoisotopic (exact) mass is 394 g/mol. The highest BCUT2D eigenvalue weighted by Crippen LogP contribution is 2.34. The summed E-state index contributed by atoms with van der Waals surface area (Å²) in [6.45, 7) is 1.84. The SMILES string of the molecule is Cc1ccc(F)c(-c2cccc(-n3cnc4cc(/C(N)=N/O)ccc43)c2)c1Cl. The summed E-state index contributed by atoms with van der Waals surface area (Å²) in [6, 6.07) is 15.8. The van der Waals surface area contributed by atoms with Crippen molar-refractivity contribution in [2.75, 3.05) is 0 Å². The fraction of sp³-hybridized carbons (Fsp3) is 0.0476. The van der Waals surface area contributed by atoms with E-state index in [1.54, 1.807) is 24.5 Å². The molecule has 0 aliphatic rings. The number of oxime groups is 1. The van der Waals surface area contributed by atoms with Crippen molar-refractivity contribution in [3.8, 4) is 16.8 Å². The first kappa shape index (κ1) is 18.0. The van der Waals surface area contributed by atoms with Gasteiger partial charge < -0.3 is 10.9 Å². The van der Waals surface area contributed by atoms with Crippen LogP contribution in [0.5, 0.6) is 0 Å². The Bertz CT molecular complexity index is 1230. The van der Waals surface area contributed by atoms with Crippen LogP contribution in [0.1, 0.15) is 11.1 Å². The number of nitrogens with two attached hydrogens (primary N) is 1. The third-order valence-corrected chi connectivity index (χ3v) is 5.14. The number of amidine groups is 1. The molecule has 0 spiro atoms. The molecule has 0 aliphatic heterocycles. The summed E-state index contributed by atoms with van der Waals surface area (Å²) >= 11 is 6.36. The van der Waals surface area contributed by atoms with E-state index < -0.39 is 0 Å². The molecule has 0 unspecified atom stereocenters. The van der Waals surface area contributed by atoms with E-state index in [1.807, 2.05) is 41.8 Å². The Morgan fingerprint density at radius 1 is 1.18 bits per heavy atom. The van der Waals surface area contributed by atoms with Gasteiger partial charge in [-0.2, -0.15) is 0 Å². The fourth-order valence-corrected chi connectivity index (χ4v) is 3.43. The standard InChI is InChI=1S/C21H16ClFN4O/c1-12-5-7-16(23)19(20(12)22)13-3-2-4-15(9-13)27-11-25-17-10-14(21(24)26-28)6-8-18(17)27/h2-11,28H,1H3,(H2,24,26). The average molecular weight is 395 g/mol. The molecule has 5 nitrogen and oxygen atoms in total. The zero-order valence-corrected chi connectivity index (χ0v) is 15.7. The van der Waals surface area contributed by atoms with Gasteiger partial charge in [-0.05, 0) is 54.4 Å². The van der Waals surface area contributed by atoms with Crippen molar-refractivity contribution in [1.82, 2.24) is 9.55 Å². The van der Waals surface area contributed by atoms with E-state index in [4.69, 9.17) is 22.5 Å². The number of nitrogens with zero attached hydrogens (tertiary/aromatic N) is 3. The molecule has 0 saturated carbocycles. The summed E-state index contributed by atoms with van der Waals surface area (Å²) in [5.74, 6) is -0.352. The summed E-state index contributed by atoms with van der Waals surface area (Å²) in [4.78, 5) is 4.39. The molecule has 28 heavy (non-hydrogen) atoms. The average Bonchev–Trinajstić information content (AvgIpc) is 3.14. The maximum Gasteiger partial charge on any atom is 0.170 e. The maximum absolute atomic E-state index is 14.4. The first-order valence-electron chi connectivity index (χ1n) is 8.50. The smallest absolute Gasteiger partial charge is 0.170 e. The van der Waals surface area contributed by atoms with Gasteiger partial charge in [-0.25, -0.2) is 9.37 Å². The number of benzene rings is 3.